The molecule has 3 nitrogen and oxygen atoms in total. The summed E-state index contributed by atoms with van der Waals surface area (Å²) in [7, 11) is 0. The van der Waals surface area contributed by atoms with Crippen molar-refractivity contribution in [2.24, 2.45) is 0 Å². The third-order valence-corrected chi connectivity index (χ3v) is 4.83. The number of aryl methyl sites for hydroxylation is 2. The van der Waals surface area contributed by atoms with E-state index in [1.54, 1.807) is 0 Å². The van der Waals surface area contributed by atoms with E-state index in [4.69, 9.17) is 0 Å². The molecule has 0 fully saturated rings. The van der Waals surface area contributed by atoms with E-state index in [9.17, 15) is 0 Å². The minimum absolute atomic E-state index is 0.552. The van der Waals surface area contributed by atoms with Crippen LogP contribution < -0.4 is 0 Å². The molecular weight excluding hydrogens is 370 g/mol. The maximum absolute atomic E-state index is 4.67. The summed E-state index contributed by atoms with van der Waals surface area (Å²) in [5.41, 5.74) is 2.48. The number of rotatable bonds is 8. The molecule has 0 aliphatic rings. The third kappa shape index (κ3) is 4.57. The van der Waals surface area contributed by atoms with Crippen LogP contribution in [0.2, 0.25) is 0 Å². The Balaban J connectivity index is 2.91. The number of hydrogen-bond acceptors (Lipinski definition) is 2. The lowest BCUT2D eigenvalue weighted by atomic mass is 10.2. The lowest BCUT2D eigenvalue weighted by Crippen LogP contribution is -2.32. The van der Waals surface area contributed by atoms with Crippen molar-refractivity contribution in [2.75, 3.05) is 11.9 Å². The Morgan fingerprint density at radius 2 is 2.00 bits per heavy atom. The fourth-order valence-electron chi connectivity index (χ4n) is 2.14. The molecule has 0 amide bonds. The number of aromatic nitrogens is 2. The summed E-state index contributed by atoms with van der Waals surface area (Å²) < 4.78 is 3.33. The van der Waals surface area contributed by atoms with Crippen molar-refractivity contribution in [2.45, 2.75) is 59.7 Å². The highest BCUT2D eigenvalue weighted by Gasteiger charge is 2.18. The monoisotopic (exact) mass is 393 g/mol. The Bertz CT molecular complexity index is 388. The molecule has 0 bridgehead atoms. The smallest absolute Gasteiger partial charge is 0.0767 e. The van der Waals surface area contributed by atoms with Gasteiger partial charge in [-0.2, -0.15) is 5.10 Å². The average molecular weight is 395 g/mol. The van der Waals surface area contributed by atoms with Crippen molar-refractivity contribution in [1.82, 2.24) is 14.7 Å². The molecule has 19 heavy (non-hydrogen) atoms. The molecule has 1 aromatic heterocycles. The van der Waals surface area contributed by atoms with Gasteiger partial charge in [0, 0.05) is 24.5 Å². The van der Waals surface area contributed by atoms with Gasteiger partial charge < -0.3 is 0 Å². The standard InChI is InChI=1S/C14H25Br2N3/c1-5-12-14(16)13(19(6-2)17-12)10-18(11(3)4)9-7-8-15/h11H,5-10H2,1-4H3. The lowest BCUT2D eigenvalue weighted by molar-refractivity contribution is 0.207. The second-order valence-electron chi connectivity index (χ2n) is 4.98. The third-order valence-electron chi connectivity index (χ3n) is 3.36. The number of nitrogens with zero attached hydrogens (tertiary/aromatic N) is 3. The van der Waals surface area contributed by atoms with E-state index in [1.807, 2.05) is 0 Å². The SMILES string of the molecule is CCc1nn(CC)c(CN(CCCBr)C(C)C)c1Br. The summed E-state index contributed by atoms with van der Waals surface area (Å²) in [6.07, 6.45) is 2.15. The molecule has 0 unspecified atom stereocenters. The fraction of sp³-hybridized carbons (Fsp3) is 0.786. The molecule has 0 atom stereocenters. The predicted octanol–water partition coefficient (Wildman–Crippen LogP) is 4.22. The van der Waals surface area contributed by atoms with Gasteiger partial charge >= 0.3 is 0 Å². The van der Waals surface area contributed by atoms with Crippen LogP contribution in [0.1, 0.15) is 45.5 Å². The molecule has 0 aliphatic heterocycles. The van der Waals surface area contributed by atoms with E-state index >= 15 is 0 Å². The van der Waals surface area contributed by atoms with Crippen LogP contribution >= 0.6 is 31.9 Å². The molecule has 0 spiro atoms. The molecule has 110 valence electrons. The van der Waals surface area contributed by atoms with Gasteiger partial charge in [0.15, 0.2) is 0 Å². The largest absolute Gasteiger partial charge is 0.295 e. The van der Waals surface area contributed by atoms with Crippen LogP contribution in [0.25, 0.3) is 0 Å². The van der Waals surface area contributed by atoms with E-state index in [0.717, 1.165) is 31.4 Å². The van der Waals surface area contributed by atoms with Crippen LogP contribution in [-0.2, 0) is 19.5 Å². The van der Waals surface area contributed by atoms with Crippen LogP contribution in [-0.4, -0.2) is 32.6 Å². The van der Waals surface area contributed by atoms with Gasteiger partial charge in [-0.3, -0.25) is 9.58 Å². The fourth-order valence-corrected chi connectivity index (χ4v) is 3.08. The highest BCUT2D eigenvalue weighted by molar-refractivity contribution is 9.10. The van der Waals surface area contributed by atoms with Crippen molar-refractivity contribution < 1.29 is 0 Å². The first-order valence-corrected chi connectivity index (χ1v) is 9.00. The first-order chi connectivity index (χ1) is 9.04. The zero-order valence-corrected chi connectivity index (χ0v) is 15.6. The number of hydrogen-bond donors (Lipinski definition) is 0. The Hall–Kier alpha value is 0.130. The molecule has 1 aromatic rings. The highest BCUT2D eigenvalue weighted by atomic mass is 79.9. The van der Waals surface area contributed by atoms with E-state index < -0.39 is 0 Å². The van der Waals surface area contributed by atoms with Crippen LogP contribution in [0.5, 0.6) is 0 Å². The van der Waals surface area contributed by atoms with E-state index in [2.05, 4.69) is 74.2 Å². The Morgan fingerprint density at radius 3 is 2.47 bits per heavy atom. The zero-order chi connectivity index (χ0) is 14.4. The average Bonchev–Trinajstić information content (AvgIpc) is 2.70. The van der Waals surface area contributed by atoms with E-state index in [0.29, 0.717) is 6.04 Å². The van der Waals surface area contributed by atoms with Crippen LogP contribution in [0.3, 0.4) is 0 Å². The van der Waals surface area contributed by atoms with Gasteiger partial charge in [-0.05, 0) is 56.1 Å². The zero-order valence-electron chi connectivity index (χ0n) is 12.4. The van der Waals surface area contributed by atoms with Crippen molar-refractivity contribution in [3.8, 4) is 0 Å². The van der Waals surface area contributed by atoms with Crippen molar-refractivity contribution >= 4 is 31.9 Å². The van der Waals surface area contributed by atoms with Gasteiger partial charge in [0.1, 0.15) is 0 Å². The predicted molar refractivity (Wildman–Crippen MR) is 88.9 cm³/mol. The van der Waals surface area contributed by atoms with Crippen molar-refractivity contribution in [3.63, 3.8) is 0 Å². The molecule has 0 saturated carbocycles. The molecule has 1 rings (SSSR count). The van der Waals surface area contributed by atoms with Crippen LogP contribution in [0.15, 0.2) is 4.47 Å². The first kappa shape index (κ1) is 17.2. The summed E-state index contributed by atoms with van der Waals surface area (Å²) in [5, 5.41) is 5.73. The van der Waals surface area contributed by atoms with Crippen LogP contribution in [0.4, 0.5) is 0 Å². The van der Waals surface area contributed by atoms with E-state index in [1.165, 1.54) is 22.3 Å². The molecule has 0 N–H and O–H groups in total. The first-order valence-electron chi connectivity index (χ1n) is 7.09. The summed E-state index contributed by atoms with van der Waals surface area (Å²) in [5.74, 6) is 0. The molecule has 1 heterocycles. The number of alkyl halides is 1. The van der Waals surface area contributed by atoms with Gasteiger partial charge in [-0.25, -0.2) is 0 Å². The molecule has 0 radical (unpaired) electrons. The Morgan fingerprint density at radius 1 is 1.32 bits per heavy atom. The maximum atomic E-state index is 4.67. The molecule has 0 aliphatic carbocycles. The topological polar surface area (TPSA) is 21.1 Å². The van der Waals surface area contributed by atoms with Crippen LogP contribution in [0, 0.1) is 0 Å². The highest BCUT2D eigenvalue weighted by Crippen LogP contribution is 2.24. The van der Waals surface area contributed by atoms with Crippen molar-refractivity contribution in [1.29, 1.82) is 0 Å². The maximum Gasteiger partial charge on any atom is 0.0767 e. The normalized spacial score (nSPS) is 11.8. The minimum atomic E-state index is 0.552. The van der Waals surface area contributed by atoms with Gasteiger partial charge in [-0.1, -0.05) is 22.9 Å². The number of halogens is 2. The molecule has 0 aromatic carbocycles. The summed E-state index contributed by atoms with van der Waals surface area (Å²) in [6, 6.07) is 0.552. The molecule has 5 heteroatoms. The van der Waals surface area contributed by atoms with Gasteiger partial charge in [0.25, 0.3) is 0 Å². The second kappa shape index (κ2) is 8.42. The summed E-state index contributed by atoms with van der Waals surface area (Å²) in [4.78, 5) is 2.51. The molecular formula is C14H25Br2N3. The van der Waals surface area contributed by atoms with Gasteiger partial charge in [-0.15, -0.1) is 0 Å². The Kier molecular flexibility index (Phi) is 7.62. The minimum Gasteiger partial charge on any atom is -0.295 e. The van der Waals surface area contributed by atoms with Gasteiger partial charge in [0.2, 0.25) is 0 Å². The quantitative estimate of drug-likeness (QED) is 0.615. The Labute approximate surface area is 134 Å². The second-order valence-corrected chi connectivity index (χ2v) is 6.57. The van der Waals surface area contributed by atoms with E-state index in [-0.39, 0.29) is 0 Å². The van der Waals surface area contributed by atoms with Gasteiger partial charge in [0.05, 0.1) is 15.9 Å². The summed E-state index contributed by atoms with van der Waals surface area (Å²) in [6.45, 7) is 11.8. The lowest BCUT2D eigenvalue weighted by Gasteiger charge is -2.26. The summed E-state index contributed by atoms with van der Waals surface area (Å²) >= 11 is 7.25. The molecule has 0 saturated heterocycles. The van der Waals surface area contributed by atoms with Crippen molar-refractivity contribution in [3.05, 3.63) is 15.9 Å².